The van der Waals surface area contributed by atoms with E-state index in [9.17, 15) is 29.7 Å². The van der Waals surface area contributed by atoms with Gasteiger partial charge < -0.3 is 39.2 Å². The highest BCUT2D eigenvalue weighted by molar-refractivity contribution is 5.70. The van der Waals surface area contributed by atoms with Gasteiger partial charge in [-0.15, -0.1) is 0 Å². The number of nitrogens with zero attached hydrogens (tertiary/aromatic N) is 2. The van der Waals surface area contributed by atoms with Crippen LogP contribution in [-0.4, -0.2) is 123 Å². The Morgan fingerprint density at radius 1 is 1.09 bits per heavy atom. The SMILES string of the molecule is CC[C@@H](OC(C)=O)[C@@H](C)[C@H]1O[C@@H]1C[C@@](C)(O)/C=C/C=C(\C)[C@H]1OC(=O)C[C@H](O)CC[C@@](C)(O)[C@@H](OC(=O)N2CCN(C3CCCCCC3)CC2)/C=C\[C@@H]1C. The molecule has 3 fully saturated rings. The van der Waals surface area contributed by atoms with Gasteiger partial charge in [0.05, 0.1) is 30.3 Å². The molecule has 54 heavy (non-hydrogen) atoms. The monoisotopic (exact) mass is 760 g/mol. The molecular weight excluding hydrogens is 692 g/mol. The molecule has 12 heteroatoms. The second kappa shape index (κ2) is 19.9. The summed E-state index contributed by atoms with van der Waals surface area (Å²) < 4.78 is 23.2. The number of cyclic esters (lactones) is 1. The molecule has 0 spiro atoms. The van der Waals surface area contributed by atoms with Crippen LogP contribution in [0.15, 0.2) is 36.0 Å². The predicted molar refractivity (Wildman–Crippen MR) is 205 cm³/mol. The van der Waals surface area contributed by atoms with Gasteiger partial charge in [0.25, 0.3) is 0 Å². The van der Waals surface area contributed by atoms with Crippen LogP contribution in [0, 0.1) is 11.8 Å². The number of aliphatic hydroxyl groups is 3. The number of carbonyl (C=O) groups is 3. The van der Waals surface area contributed by atoms with Crippen LogP contribution < -0.4 is 0 Å². The van der Waals surface area contributed by atoms with E-state index in [1.54, 1.807) is 49.1 Å². The van der Waals surface area contributed by atoms with E-state index in [1.165, 1.54) is 45.4 Å². The summed E-state index contributed by atoms with van der Waals surface area (Å²) in [6.45, 7) is 15.1. The van der Waals surface area contributed by atoms with Crippen molar-refractivity contribution in [2.75, 3.05) is 26.2 Å². The lowest BCUT2D eigenvalue weighted by atomic mass is 9.88. The minimum atomic E-state index is -1.49. The fourth-order valence-electron chi connectivity index (χ4n) is 8.27. The van der Waals surface area contributed by atoms with Crippen molar-refractivity contribution in [3.8, 4) is 0 Å². The molecule has 3 N–H and O–H groups in total. The molecular formula is C42H68N2O10. The quantitative estimate of drug-likeness (QED) is 0.0600. The maximum Gasteiger partial charge on any atom is 0.410 e. The van der Waals surface area contributed by atoms with Crippen LogP contribution in [0.3, 0.4) is 0 Å². The second-order valence-corrected chi connectivity index (χ2v) is 16.8. The molecule has 0 aromatic rings. The molecule has 0 unspecified atom stereocenters. The third kappa shape index (κ3) is 13.2. The van der Waals surface area contributed by atoms with Crippen LogP contribution in [0.1, 0.15) is 119 Å². The lowest BCUT2D eigenvalue weighted by Crippen LogP contribution is -2.53. The molecule has 4 aliphatic rings. The smallest absolute Gasteiger partial charge is 0.410 e. The van der Waals surface area contributed by atoms with Crippen molar-refractivity contribution >= 4 is 18.0 Å². The Hall–Kier alpha value is -2.77. The van der Waals surface area contributed by atoms with Gasteiger partial charge in [0.1, 0.15) is 17.8 Å². The van der Waals surface area contributed by atoms with E-state index in [0.717, 1.165) is 13.1 Å². The lowest BCUT2D eigenvalue weighted by molar-refractivity contribution is -0.152. The van der Waals surface area contributed by atoms with Gasteiger partial charge in [-0.1, -0.05) is 70.8 Å². The summed E-state index contributed by atoms with van der Waals surface area (Å²) in [5.74, 6) is -1.28. The normalized spacial score (nSPS) is 34.0. The highest BCUT2D eigenvalue weighted by Gasteiger charge is 2.48. The summed E-state index contributed by atoms with van der Waals surface area (Å²) in [6.07, 6.45) is 13.4. The maximum atomic E-state index is 13.5. The third-order valence-corrected chi connectivity index (χ3v) is 11.8. The Kier molecular flexibility index (Phi) is 16.2. The van der Waals surface area contributed by atoms with E-state index < -0.39 is 41.6 Å². The van der Waals surface area contributed by atoms with Crippen molar-refractivity contribution in [2.24, 2.45) is 11.8 Å². The fourth-order valence-corrected chi connectivity index (χ4v) is 8.27. The molecule has 2 saturated heterocycles. The van der Waals surface area contributed by atoms with Gasteiger partial charge in [0, 0.05) is 57.4 Å². The Labute approximate surface area is 322 Å². The van der Waals surface area contributed by atoms with Crippen LogP contribution in [0.4, 0.5) is 4.79 Å². The van der Waals surface area contributed by atoms with E-state index in [2.05, 4.69) is 4.90 Å². The third-order valence-electron chi connectivity index (χ3n) is 11.8. The number of hydrogen-bond donors (Lipinski definition) is 3. The van der Waals surface area contributed by atoms with Crippen LogP contribution in [0.2, 0.25) is 0 Å². The van der Waals surface area contributed by atoms with Crippen LogP contribution in [0.5, 0.6) is 0 Å². The minimum absolute atomic E-state index is 0.00662. The molecule has 0 aromatic carbocycles. The molecule has 4 rings (SSSR count). The number of epoxide rings is 1. The average molecular weight is 761 g/mol. The lowest BCUT2D eigenvalue weighted by Gasteiger charge is -2.40. The molecule has 1 amide bonds. The number of carbonyl (C=O) groups excluding carboxylic acids is 3. The average Bonchev–Trinajstić information content (AvgIpc) is 3.92. The van der Waals surface area contributed by atoms with Crippen molar-refractivity contribution in [1.82, 2.24) is 9.80 Å². The van der Waals surface area contributed by atoms with Gasteiger partial charge in [0.15, 0.2) is 6.10 Å². The van der Waals surface area contributed by atoms with E-state index in [1.807, 2.05) is 27.7 Å². The number of ether oxygens (including phenoxy) is 4. The number of allylic oxidation sites excluding steroid dienone is 2. The molecule has 3 heterocycles. The summed E-state index contributed by atoms with van der Waals surface area (Å²) in [4.78, 5) is 42.2. The highest BCUT2D eigenvalue weighted by Crippen LogP contribution is 2.38. The van der Waals surface area contributed by atoms with Crippen molar-refractivity contribution in [2.45, 2.75) is 173 Å². The Bertz CT molecular complexity index is 1330. The van der Waals surface area contributed by atoms with Crippen molar-refractivity contribution in [3.63, 3.8) is 0 Å². The zero-order valence-electron chi connectivity index (χ0n) is 33.8. The zero-order chi connectivity index (χ0) is 39.6. The number of hydrogen-bond acceptors (Lipinski definition) is 11. The van der Waals surface area contributed by atoms with Gasteiger partial charge in [-0.05, 0) is 64.5 Å². The number of aliphatic hydroxyl groups excluding tert-OH is 1. The van der Waals surface area contributed by atoms with Crippen LogP contribution >= 0.6 is 0 Å². The molecule has 0 bridgehead atoms. The topological polar surface area (TPSA) is 159 Å². The zero-order valence-corrected chi connectivity index (χ0v) is 33.8. The number of rotatable bonds is 11. The first kappa shape index (κ1) is 44.0. The second-order valence-electron chi connectivity index (χ2n) is 16.8. The van der Waals surface area contributed by atoms with Gasteiger partial charge in [-0.3, -0.25) is 14.5 Å². The number of esters is 2. The Morgan fingerprint density at radius 2 is 1.76 bits per heavy atom. The molecule has 306 valence electrons. The van der Waals surface area contributed by atoms with E-state index in [-0.39, 0.29) is 55.4 Å². The van der Waals surface area contributed by atoms with Crippen molar-refractivity contribution < 1.29 is 48.7 Å². The Morgan fingerprint density at radius 3 is 2.39 bits per heavy atom. The van der Waals surface area contributed by atoms with E-state index >= 15 is 0 Å². The predicted octanol–water partition coefficient (Wildman–Crippen LogP) is 5.62. The van der Waals surface area contributed by atoms with Crippen molar-refractivity contribution in [3.05, 3.63) is 36.0 Å². The summed E-state index contributed by atoms with van der Waals surface area (Å²) in [5, 5.41) is 33.5. The number of amides is 1. The first-order valence-electron chi connectivity index (χ1n) is 20.4. The number of piperazine rings is 1. The highest BCUT2D eigenvalue weighted by atomic mass is 16.6. The first-order valence-corrected chi connectivity index (χ1v) is 20.4. The summed E-state index contributed by atoms with van der Waals surface area (Å²) in [5.41, 5.74) is -1.98. The minimum Gasteiger partial charge on any atom is -0.462 e. The van der Waals surface area contributed by atoms with Crippen LogP contribution in [-0.2, 0) is 28.5 Å². The summed E-state index contributed by atoms with van der Waals surface area (Å²) in [7, 11) is 0. The van der Waals surface area contributed by atoms with Gasteiger partial charge in [-0.25, -0.2) is 4.79 Å². The van der Waals surface area contributed by atoms with E-state index in [4.69, 9.17) is 18.9 Å². The molecule has 0 aromatic heterocycles. The first-order chi connectivity index (χ1) is 25.5. The largest absolute Gasteiger partial charge is 0.462 e. The Balaban J connectivity index is 1.41. The summed E-state index contributed by atoms with van der Waals surface area (Å²) >= 11 is 0. The van der Waals surface area contributed by atoms with Gasteiger partial charge in [-0.2, -0.15) is 0 Å². The fraction of sp³-hybridized carbons (Fsp3) is 0.786. The molecule has 0 radical (unpaired) electrons. The molecule has 3 aliphatic heterocycles. The van der Waals surface area contributed by atoms with Gasteiger partial charge >= 0.3 is 18.0 Å². The molecule has 1 aliphatic carbocycles. The summed E-state index contributed by atoms with van der Waals surface area (Å²) in [6, 6.07) is 0.575. The van der Waals surface area contributed by atoms with E-state index in [0.29, 0.717) is 37.5 Å². The maximum absolute atomic E-state index is 13.5. The van der Waals surface area contributed by atoms with Crippen LogP contribution in [0.25, 0.3) is 0 Å². The standard InChI is InChI=1S/C42H68N2O10/c1-8-34(51-31(5)45)30(4)39-35(52-39)27-41(6,49)20-13-14-28(2)38-29(3)17-18-36(42(7,50)21-19-33(46)26-37(47)54-38)53-40(48)44-24-22-43(23-25-44)32-15-11-9-10-12-16-32/h13-14,17-18,20,29-30,32-36,38-39,46,49-50H,8-12,15-16,19,21-27H2,1-7H3/b18-17-,20-13+,28-14+/t29-,30+,33+,34+,35+,36-,38+,39+,41-,42+/m0/s1. The molecule has 10 atom stereocenters. The molecule has 1 saturated carbocycles. The van der Waals surface area contributed by atoms with Gasteiger partial charge in [0.2, 0.25) is 0 Å². The molecule has 12 nitrogen and oxygen atoms in total. The van der Waals surface area contributed by atoms with Crippen molar-refractivity contribution in [1.29, 1.82) is 0 Å².